The minimum Gasteiger partial charge on any atom is -0.492 e. The van der Waals surface area contributed by atoms with Gasteiger partial charge in [-0.15, -0.1) is 21.5 Å². The molecule has 0 saturated carbocycles. The van der Waals surface area contributed by atoms with E-state index in [1.807, 2.05) is 11.0 Å². The summed E-state index contributed by atoms with van der Waals surface area (Å²) in [5.41, 5.74) is 5.76. The molecule has 4 aromatic heterocycles. The summed E-state index contributed by atoms with van der Waals surface area (Å²) in [6, 6.07) is 11.9. The molecule has 6 heterocycles. The van der Waals surface area contributed by atoms with Gasteiger partial charge in [-0.05, 0) is 90.9 Å². The Hall–Kier alpha value is -4.94. The SMILES string of the molecule is COc1c(Cl)cc2c(c1F)CCC2Nc1nccc2cc(-c3c4c(nc(CCc5ccc(F)cc5)c3-c3nnc(C)o3)C3CCCN3C4=O)sc12. The van der Waals surface area contributed by atoms with Gasteiger partial charge >= 0.3 is 0 Å². The zero-order valence-corrected chi connectivity index (χ0v) is 29.3. The van der Waals surface area contributed by atoms with Gasteiger partial charge in [-0.25, -0.2) is 13.8 Å². The number of amides is 1. The van der Waals surface area contributed by atoms with Crippen LogP contribution in [0.4, 0.5) is 14.6 Å². The van der Waals surface area contributed by atoms with Crippen LogP contribution in [0.1, 0.15) is 75.7 Å². The Balaban J connectivity index is 1.19. The molecule has 1 fully saturated rings. The van der Waals surface area contributed by atoms with Crippen molar-refractivity contribution in [1.82, 2.24) is 25.1 Å². The molecule has 258 valence electrons. The first kappa shape index (κ1) is 32.0. The summed E-state index contributed by atoms with van der Waals surface area (Å²) in [5, 5.41) is 13.3. The lowest BCUT2D eigenvalue weighted by Crippen LogP contribution is -2.22. The minimum absolute atomic E-state index is 0.0524. The van der Waals surface area contributed by atoms with E-state index in [-0.39, 0.29) is 40.5 Å². The summed E-state index contributed by atoms with van der Waals surface area (Å²) in [6.07, 6.45) is 5.80. The normalized spacial score (nSPS) is 17.7. The molecule has 2 aliphatic heterocycles. The smallest absolute Gasteiger partial charge is 0.257 e. The van der Waals surface area contributed by atoms with Crippen LogP contribution in [-0.2, 0) is 19.3 Å². The van der Waals surface area contributed by atoms with Crippen molar-refractivity contribution in [2.24, 2.45) is 0 Å². The number of carbonyl (C=O) groups is 1. The van der Waals surface area contributed by atoms with Crippen LogP contribution >= 0.6 is 22.9 Å². The lowest BCUT2D eigenvalue weighted by Gasteiger charge is -2.17. The zero-order valence-electron chi connectivity index (χ0n) is 27.7. The standard InChI is InChI=1S/C38H31ClF2N6O3S/c1-18-45-46-37(50-18)29-26(11-7-19-5-8-21(40)9-6-19)43-33-27-4-3-15-47(27)38(48)31(33)30(29)28-16-20-13-14-42-36(35(20)51-28)44-25-12-10-22-23(25)17-24(39)34(49-2)32(22)41/h5-6,8-9,13-14,16-17,25,27H,3-4,7,10-12,15H2,1-2H3,(H,42,44). The number of nitrogens with zero attached hydrogens (tertiary/aromatic N) is 5. The van der Waals surface area contributed by atoms with Crippen molar-refractivity contribution in [2.45, 2.75) is 57.5 Å². The van der Waals surface area contributed by atoms with Gasteiger partial charge in [0.05, 0.1) is 51.4 Å². The number of nitrogens with one attached hydrogen (secondary N) is 1. The van der Waals surface area contributed by atoms with Crippen LogP contribution in [0.2, 0.25) is 5.02 Å². The third-order valence-corrected chi connectivity index (χ3v) is 11.7. The molecule has 2 atom stereocenters. The van der Waals surface area contributed by atoms with Crippen molar-refractivity contribution in [1.29, 1.82) is 0 Å². The van der Waals surface area contributed by atoms with Crippen molar-refractivity contribution in [3.63, 3.8) is 0 Å². The fourth-order valence-electron chi connectivity index (χ4n) is 7.88. The molecule has 0 spiro atoms. The van der Waals surface area contributed by atoms with Gasteiger partial charge in [-0.2, -0.15) is 0 Å². The fraction of sp³-hybridized carbons (Fsp3) is 0.289. The van der Waals surface area contributed by atoms with Gasteiger partial charge < -0.3 is 19.4 Å². The van der Waals surface area contributed by atoms with Crippen molar-refractivity contribution >= 4 is 44.7 Å². The molecule has 1 N–H and O–H groups in total. The minimum atomic E-state index is -0.426. The second-order valence-corrected chi connectivity index (χ2v) is 14.6. The Morgan fingerprint density at radius 1 is 1.08 bits per heavy atom. The van der Waals surface area contributed by atoms with Gasteiger partial charge in [0.15, 0.2) is 11.6 Å². The third-order valence-electron chi connectivity index (χ3n) is 10.2. The van der Waals surface area contributed by atoms with Crippen molar-refractivity contribution < 1.29 is 22.7 Å². The highest BCUT2D eigenvalue weighted by Crippen LogP contribution is 2.51. The van der Waals surface area contributed by atoms with Crippen LogP contribution in [-0.4, -0.2) is 44.6 Å². The van der Waals surface area contributed by atoms with Gasteiger partial charge in [0.2, 0.25) is 11.8 Å². The number of hydrogen-bond acceptors (Lipinski definition) is 9. The summed E-state index contributed by atoms with van der Waals surface area (Å²) in [4.78, 5) is 26.9. The van der Waals surface area contributed by atoms with Crippen molar-refractivity contribution in [3.05, 3.63) is 105 Å². The number of pyridine rings is 2. The van der Waals surface area contributed by atoms with Crippen molar-refractivity contribution in [2.75, 3.05) is 19.0 Å². The number of aryl methyl sites for hydroxylation is 3. The van der Waals surface area contributed by atoms with Crippen LogP contribution in [0.3, 0.4) is 0 Å². The van der Waals surface area contributed by atoms with Gasteiger partial charge in [0.25, 0.3) is 5.91 Å². The maximum absolute atomic E-state index is 15.3. The Morgan fingerprint density at radius 2 is 1.92 bits per heavy atom. The Bertz CT molecular complexity index is 2380. The maximum Gasteiger partial charge on any atom is 0.257 e. The van der Waals surface area contributed by atoms with Gasteiger partial charge in [0.1, 0.15) is 11.6 Å². The Labute approximate surface area is 300 Å². The van der Waals surface area contributed by atoms with Crippen LogP contribution in [0, 0.1) is 18.6 Å². The topological polar surface area (TPSA) is 106 Å². The summed E-state index contributed by atoms with van der Waals surface area (Å²) in [7, 11) is 1.41. The highest BCUT2D eigenvalue weighted by atomic mass is 35.5. The number of aromatic nitrogens is 4. The zero-order chi connectivity index (χ0) is 35.0. The summed E-state index contributed by atoms with van der Waals surface area (Å²) in [5.74, 6) is 0.623. The number of methoxy groups -OCH3 is 1. The van der Waals surface area contributed by atoms with Gasteiger partial charge in [0, 0.05) is 30.1 Å². The van der Waals surface area contributed by atoms with Crippen LogP contribution in [0.5, 0.6) is 5.75 Å². The predicted molar refractivity (Wildman–Crippen MR) is 190 cm³/mol. The monoisotopic (exact) mass is 724 g/mol. The second kappa shape index (κ2) is 12.4. The summed E-state index contributed by atoms with van der Waals surface area (Å²) >= 11 is 7.92. The number of anilines is 1. The molecule has 13 heteroatoms. The van der Waals surface area contributed by atoms with E-state index >= 15 is 4.39 Å². The summed E-state index contributed by atoms with van der Waals surface area (Å²) < 4.78 is 41.2. The molecule has 51 heavy (non-hydrogen) atoms. The number of benzene rings is 2. The van der Waals surface area contributed by atoms with E-state index in [0.717, 1.165) is 55.9 Å². The predicted octanol–water partition coefficient (Wildman–Crippen LogP) is 8.83. The summed E-state index contributed by atoms with van der Waals surface area (Å²) in [6.45, 7) is 2.40. The first-order valence-electron chi connectivity index (χ1n) is 16.9. The van der Waals surface area contributed by atoms with E-state index in [1.54, 1.807) is 31.3 Å². The first-order chi connectivity index (χ1) is 24.8. The Morgan fingerprint density at radius 3 is 2.71 bits per heavy atom. The number of ether oxygens (including phenoxy) is 1. The van der Waals surface area contributed by atoms with E-state index in [2.05, 4.69) is 21.6 Å². The number of hydrogen-bond donors (Lipinski definition) is 1. The Kier molecular flexibility index (Phi) is 7.77. The number of halogens is 3. The lowest BCUT2D eigenvalue weighted by atomic mass is 9.93. The molecule has 1 amide bonds. The number of carbonyl (C=O) groups excluding carboxylic acids is 1. The average Bonchev–Trinajstić information content (AvgIpc) is 3.96. The van der Waals surface area contributed by atoms with Gasteiger partial charge in [-0.1, -0.05) is 23.7 Å². The molecule has 1 saturated heterocycles. The van der Waals surface area contributed by atoms with Gasteiger partial charge in [-0.3, -0.25) is 9.78 Å². The molecule has 2 unspecified atom stereocenters. The van der Waals surface area contributed by atoms with E-state index in [0.29, 0.717) is 60.6 Å². The molecule has 2 aromatic carbocycles. The van der Waals surface area contributed by atoms with E-state index in [1.165, 1.54) is 30.6 Å². The van der Waals surface area contributed by atoms with E-state index < -0.39 is 5.82 Å². The molecule has 0 bridgehead atoms. The van der Waals surface area contributed by atoms with E-state index in [4.69, 9.17) is 30.7 Å². The highest BCUT2D eigenvalue weighted by molar-refractivity contribution is 7.23. The second-order valence-electron chi connectivity index (χ2n) is 13.2. The van der Waals surface area contributed by atoms with E-state index in [9.17, 15) is 9.18 Å². The first-order valence-corrected chi connectivity index (χ1v) is 18.1. The fourth-order valence-corrected chi connectivity index (χ4v) is 9.32. The molecule has 9 rings (SSSR count). The van der Waals surface area contributed by atoms with Crippen LogP contribution in [0.15, 0.2) is 53.1 Å². The van der Waals surface area contributed by atoms with Crippen LogP contribution in [0.25, 0.3) is 32.0 Å². The molecule has 6 aromatic rings. The van der Waals surface area contributed by atoms with Crippen molar-refractivity contribution in [3.8, 4) is 27.6 Å². The lowest BCUT2D eigenvalue weighted by molar-refractivity contribution is 0.0776. The quantitative estimate of drug-likeness (QED) is 0.166. The molecular formula is C38H31ClF2N6O3S. The molecule has 9 nitrogen and oxygen atoms in total. The number of thiophene rings is 1. The van der Waals surface area contributed by atoms with Crippen LogP contribution < -0.4 is 10.1 Å². The number of rotatable bonds is 8. The third kappa shape index (κ3) is 5.26. The number of fused-ring (bicyclic) bond motifs is 5. The molecule has 0 radical (unpaired) electrons. The largest absolute Gasteiger partial charge is 0.492 e. The average molecular weight is 725 g/mol. The molecular weight excluding hydrogens is 694 g/mol. The highest BCUT2D eigenvalue weighted by Gasteiger charge is 2.45. The molecule has 3 aliphatic rings. The molecule has 1 aliphatic carbocycles. The maximum atomic E-state index is 15.3.